The van der Waals surface area contributed by atoms with Crippen molar-refractivity contribution < 1.29 is 51.4 Å². The Morgan fingerprint density at radius 1 is 1.04 bits per heavy atom. The van der Waals surface area contributed by atoms with Crippen LogP contribution >= 0.6 is 23.4 Å². The zero-order valence-electron chi connectivity index (χ0n) is 13.1. The molecule has 6 N–H and O–H groups in total. The van der Waals surface area contributed by atoms with Gasteiger partial charge in [0.25, 0.3) is 0 Å². The van der Waals surface area contributed by atoms with Crippen molar-refractivity contribution in [2.45, 2.75) is 50.4 Å². The van der Waals surface area contributed by atoms with Crippen LogP contribution in [0.2, 0.25) is 0 Å². The summed E-state index contributed by atoms with van der Waals surface area (Å²) in [6.07, 6.45) is 2.48. The van der Waals surface area contributed by atoms with E-state index < -0.39 is 42.2 Å². The number of rotatable bonds is 8. The van der Waals surface area contributed by atoms with Crippen LogP contribution in [0.15, 0.2) is 0 Å². The predicted molar refractivity (Wildman–Crippen MR) is 83.0 cm³/mol. The molecule has 0 aromatic heterocycles. The molecule has 148 valence electrons. The van der Waals surface area contributed by atoms with Gasteiger partial charge < -0.3 is 24.5 Å². The quantitative estimate of drug-likeness (QED) is 0.347. The Labute approximate surface area is 144 Å². The van der Waals surface area contributed by atoms with Gasteiger partial charge >= 0.3 is 23.4 Å². The number of aliphatic hydroxyl groups excluding tert-OH is 1. The molecule has 0 radical (unpaired) electrons. The third-order valence-corrected chi connectivity index (χ3v) is 7.89. The Bertz CT molecular complexity index is 603. The standard InChI is InChI=1S/C10H22NO11P3/c11-23(13,14)21-25(17,18)22-24(15,16)19-6-10-8(12)5-9(20-10)7-3-1-2-4-7/h7-10,12H,1-6H2,(H,15,16)(H,17,18)(H3,11,13,14)/t8?,9-,10-/m1/s1. The highest BCUT2D eigenvalue weighted by Crippen LogP contribution is 2.65. The molecule has 0 aromatic rings. The molecule has 0 aromatic carbocycles. The molecule has 0 spiro atoms. The van der Waals surface area contributed by atoms with Gasteiger partial charge in [0.1, 0.15) is 6.10 Å². The van der Waals surface area contributed by atoms with E-state index in [-0.39, 0.29) is 6.10 Å². The van der Waals surface area contributed by atoms with Crippen LogP contribution in [0.1, 0.15) is 32.1 Å². The van der Waals surface area contributed by atoms with Gasteiger partial charge in [0.15, 0.2) is 0 Å². The van der Waals surface area contributed by atoms with Gasteiger partial charge in [-0.05, 0) is 18.8 Å². The summed E-state index contributed by atoms with van der Waals surface area (Å²) in [5, 5.41) is 9.97. The lowest BCUT2D eigenvalue weighted by atomic mass is 9.97. The second kappa shape index (κ2) is 8.14. The van der Waals surface area contributed by atoms with Crippen molar-refractivity contribution in [3.8, 4) is 0 Å². The van der Waals surface area contributed by atoms with Crippen LogP contribution in [0.4, 0.5) is 0 Å². The van der Waals surface area contributed by atoms with Crippen molar-refractivity contribution >= 4 is 23.4 Å². The fourth-order valence-electron chi connectivity index (χ4n) is 3.03. The van der Waals surface area contributed by atoms with Gasteiger partial charge in [-0.15, -0.1) is 0 Å². The van der Waals surface area contributed by atoms with Crippen LogP contribution < -0.4 is 5.50 Å². The normalized spacial score (nSPS) is 35.2. The third kappa shape index (κ3) is 7.10. The highest BCUT2D eigenvalue weighted by molar-refractivity contribution is 7.67. The topological polar surface area (TPSA) is 195 Å². The lowest BCUT2D eigenvalue weighted by Crippen LogP contribution is -2.26. The fraction of sp³-hybridized carbons (Fsp3) is 1.00. The van der Waals surface area contributed by atoms with E-state index in [1.807, 2.05) is 0 Å². The maximum absolute atomic E-state index is 11.7. The van der Waals surface area contributed by atoms with Crippen molar-refractivity contribution in [2.75, 3.05) is 6.61 Å². The van der Waals surface area contributed by atoms with E-state index in [4.69, 9.17) is 14.5 Å². The lowest BCUT2D eigenvalue weighted by molar-refractivity contribution is -0.0363. The lowest BCUT2D eigenvalue weighted by Gasteiger charge is -2.20. The van der Waals surface area contributed by atoms with Gasteiger partial charge in [0.2, 0.25) is 0 Å². The number of hydrogen-bond acceptors (Lipinski definition) is 8. The molecular weight excluding hydrogens is 403 g/mol. The Balaban J connectivity index is 1.85. The number of phosphoric acid groups is 2. The molecule has 1 saturated heterocycles. The molecule has 1 heterocycles. The van der Waals surface area contributed by atoms with Gasteiger partial charge in [0, 0.05) is 6.42 Å². The summed E-state index contributed by atoms with van der Waals surface area (Å²) < 4.78 is 51.4. The van der Waals surface area contributed by atoms with Gasteiger partial charge in [-0.3, -0.25) is 4.52 Å². The third-order valence-electron chi connectivity index (χ3n) is 4.01. The summed E-state index contributed by atoms with van der Waals surface area (Å²) in [4.78, 5) is 27.2. The molecule has 1 aliphatic carbocycles. The van der Waals surface area contributed by atoms with Gasteiger partial charge in [-0.1, -0.05) is 12.8 Å². The maximum Gasteiger partial charge on any atom is 0.489 e. The van der Waals surface area contributed by atoms with Crippen LogP contribution in [0.25, 0.3) is 0 Å². The minimum absolute atomic E-state index is 0.185. The number of hydrogen-bond donors (Lipinski definition) is 5. The summed E-state index contributed by atoms with van der Waals surface area (Å²) in [5.74, 6) is 0.311. The number of nitrogens with two attached hydrogens (primary N) is 1. The molecular formula is C10H22NO11P3. The smallest absolute Gasteiger partial charge is 0.390 e. The number of phosphoric ester groups is 1. The van der Waals surface area contributed by atoms with Gasteiger partial charge in [0.05, 0.1) is 18.8 Å². The Morgan fingerprint density at radius 3 is 2.20 bits per heavy atom. The molecule has 12 nitrogen and oxygen atoms in total. The van der Waals surface area contributed by atoms with Crippen LogP contribution in [0, 0.1) is 5.92 Å². The minimum atomic E-state index is -5.42. The van der Waals surface area contributed by atoms with Crippen LogP contribution in [0.5, 0.6) is 0 Å². The largest absolute Gasteiger partial charge is 0.489 e. The molecule has 4 unspecified atom stereocenters. The average molecular weight is 425 g/mol. The van der Waals surface area contributed by atoms with Crippen molar-refractivity contribution in [1.82, 2.24) is 0 Å². The van der Waals surface area contributed by atoms with Gasteiger partial charge in [-0.2, -0.15) is 8.62 Å². The highest BCUT2D eigenvalue weighted by Gasteiger charge is 2.43. The molecule has 6 atom stereocenters. The first-order valence-corrected chi connectivity index (χ1v) is 12.2. The summed E-state index contributed by atoms with van der Waals surface area (Å²) in [6, 6.07) is 0. The Hall–Kier alpha value is 0.330. The second-order valence-electron chi connectivity index (χ2n) is 6.02. The summed E-state index contributed by atoms with van der Waals surface area (Å²) in [6.45, 7) is -0.586. The monoisotopic (exact) mass is 425 g/mol. The summed E-state index contributed by atoms with van der Waals surface area (Å²) >= 11 is 0. The fourth-order valence-corrected chi connectivity index (χ4v) is 6.17. The first-order chi connectivity index (χ1) is 11.4. The van der Waals surface area contributed by atoms with E-state index in [0.29, 0.717) is 12.3 Å². The van der Waals surface area contributed by atoms with E-state index in [9.17, 15) is 23.7 Å². The van der Waals surface area contributed by atoms with Crippen molar-refractivity contribution in [1.29, 1.82) is 0 Å². The van der Waals surface area contributed by atoms with E-state index in [1.165, 1.54) is 0 Å². The maximum atomic E-state index is 11.7. The minimum Gasteiger partial charge on any atom is -0.390 e. The molecule has 15 heteroatoms. The zero-order chi connectivity index (χ0) is 18.9. The SMILES string of the molecule is NP(=O)(O)OP(=O)(O)OP(=O)(O)OC[C@H]1O[C@@H](C2CCCC2)CC1O. The Kier molecular flexibility index (Phi) is 7.04. The summed E-state index contributed by atoms with van der Waals surface area (Å²) in [7, 11) is -15.5. The summed E-state index contributed by atoms with van der Waals surface area (Å²) in [5.41, 5.74) is 4.52. The predicted octanol–water partition coefficient (Wildman–Crippen LogP) is 1.00. The molecule has 25 heavy (non-hydrogen) atoms. The van der Waals surface area contributed by atoms with Crippen LogP contribution in [-0.4, -0.2) is 44.7 Å². The van der Waals surface area contributed by atoms with E-state index in [1.54, 1.807) is 0 Å². The first-order valence-electron chi connectivity index (χ1n) is 7.54. The second-order valence-corrected chi connectivity index (χ2v) is 10.6. The van der Waals surface area contributed by atoms with Crippen LogP contribution in [0.3, 0.4) is 0 Å². The first kappa shape index (κ1) is 21.6. The molecule has 2 aliphatic rings. The van der Waals surface area contributed by atoms with Crippen molar-refractivity contribution in [3.05, 3.63) is 0 Å². The van der Waals surface area contributed by atoms with Crippen molar-refractivity contribution in [3.63, 3.8) is 0 Å². The number of aliphatic hydroxyl groups is 1. The van der Waals surface area contributed by atoms with E-state index >= 15 is 0 Å². The van der Waals surface area contributed by atoms with Gasteiger partial charge in [-0.25, -0.2) is 19.2 Å². The molecule has 2 fully saturated rings. The Morgan fingerprint density at radius 2 is 1.64 bits per heavy atom. The number of ether oxygens (including phenoxy) is 1. The zero-order valence-corrected chi connectivity index (χ0v) is 15.8. The molecule has 0 bridgehead atoms. The van der Waals surface area contributed by atoms with E-state index in [0.717, 1.165) is 25.7 Å². The molecule has 2 rings (SSSR count). The molecule has 1 saturated carbocycles. The average Bonchev–Trinajstić information content (AvgIpc) is 3.01. The van der Waals surface area contributed by atoms with E-state index in [2.05, 4.69) is 18.6 Å². The highest BCUT2D eigenvalue weighted by atomic mass is 31.3. The van der Waals surface area contributed by atoms with Crippen molar-refractivity contribution in [2.24, 2.45) is 11.4 Å². The molecule has 0 amide bonds. The molecule has 1 aliphatic heterocycles. The van der Waals surface area contributed by atoms with Crippen LogP contribution in [-0.2, 0) is 31.6 Å².